The van der Waals surface area contributed by atoms with Crippen molar-refractivity contribution in [3.8, 4) is 17.2 Å². The highest BCUT2D eigenvalue weighted by atomic mass is 79.9. The number of esters is 1. The van der Waals surface area contributed by atoms with Gasteiger partial charge in [-0.2, -0.15) is 0 Å². The van der Waals surface area contributed by atoms with Crippen molar-refractivity contribution in [3.05, 3.63) is 92.9 Å². The first kappa shape index (κ1) is 23.6. The molecule has 3 rings (SSSR count). The molecule has 0 spiro atoms. The van der Waals surface area contributed by atoms with Gasteiger partial charge in [0.05, 0.1) is 17.1 Å². The Balaban J connectivity index is 1.61. The van der Waals surface area contributed by atoms with E-state index in [4.69, 9.17) is 25.8 Å². The molecule has 32 heavy (non-hydrogen) atoms. The quantitative estimate of drug-likeness (QED) is 0.152. The standard InChI is InChI=1S/C25H20BrClO5/c1-16-13-18(27)9-12-22(16)31-15-25(29)32-24-11-8-17(14-20(24)26)7-10-21(28)19-5-3-4-6-23(19)30-2/h3-14H,15H2,1-2H3/b10-7+. The highest BCUT2D eigenvalue weighted by molar-refractivity contribution is 9.10. The molecule has 0 saturated heterocycles. The number of carbonyl (C=O) groups excluding carboxylic acids is 2. The van der Waals surface area contributed by atoms with Gasteiger partial charge in [-0.3, -0.25) is 4.79 Å². The van der Waals surface area contributed by atoms with Gasteiger partial charge in [-0.05, 0) is 82.5 Å². The first-order valence-electron chi connectivity index (χ1n) is 9.62. The van der Waals surface area contributed by atoms with Gasteiger partial charge in [0.2, 0.25) is 0 Å². The molecule has 0 amide bonds. The largest absolute Gasteiger partial charge is 0.496 e. The molecule has 0 aliphatic heterocycles. The van der Waals surface area contributed by atoms with Gasteiger partial charge in [-0.25, -0.2) is 4.79 Å². The van der Waals surface area contributed by atoms with Gasteiger partial charge in [0.1, 0.15) is 17.2 Å². The van der Waals surface area contributed by atoms with Crippen LogP contribution < -0.4 is 14.2 Å². The predicted octanol–water partition coefficient (Wildman–Crippen LogP) is 6.30. The third kappa shape index (κ3) is 6.22. The van der Waals surface area contributed by atoms with Gasteiger partial charge in [-0.1, -0.05) is 35.9 Å². The number of ether oxygens (including phenoxy) is 3. The monoisotopic (exact) mass is 514 g/mol. The summed E-state index contributed by atoms with van der Waals surface area (Å²) in [5, 5.41) is 0.597. The second-order valence-electron chi connectivity index (χ2n) is 6.76. The van der Waals surface area contributed by atoms with Crippen molar-refractivity contribution in [1.29, 1.82) is 0 Å². The fraction of sp³-hybridized carbons (Fsp3) is 0.120. The van der Waals surface area contributed by atoms with Crippen molar-refractivity contribution in [2.75, 3.05) is 13.7 Å². The van der Waals surface area contributed by atoms with Gasteiger partial charge in [0.25, 0.3) is 0 Å². The summed E-state index contributed by atoms with van der Waals surface area (Å²) in [6.07, 6.45) is 3.14. The maximum Gasteiger partial charge on any atom is 0.349 e. The van der Waals surface area contributed by atoms with Crippen LogP contribution in [0.1, 0.15) is 21.5 Å². The molecule has 0 aromatic heterocycles. The van der Waals surface area contributed by atoms with Gasteiger partial charge in [-0.15, -0.1) is 0 Å². The van der Waals surface area contributed by atoms with E-state index in [0.717, 1.165) is 11.1 Å². The summed E-state index contributed by atoms with van der Waals surface area (Å²) in [5.41, 5.74) is 2.06. The molecular weight excluding hydrogens is 496 g/mol. The topological polar surface area (TPSA) is 61.8 Å². The van der Waals surface area contributed by atoms with Crippen LogP contribution in [-0.2, 0) is 4.79 Å². The van der Waals surface area contributed by atoms with E-state index in [1.54, 1.807) is 66.7 Å². The molecule has 0 N–H and O–H groups in total. The molecule has 0 bridgehead atoms. The molecule has 0 aliphatic carbocycles. The van der Waals surface area contributed by atoms with Gasteiger partial charge >= 0.3 is 5.97 Å². The molecule has 7 heteroatoms. The van der Waals surface area contributed by atoms with Gasteiger partial charge in [0, 0.05) is 5.02 Å². The number of rotatable bonds is 8. The number of methoxy groups -OCH3 is 1. The van der Waals surface area contributed by atoms with E-state index in [1.807, 2.05) is 6.92 Å². The molecule has 0 radical (unpaired) electrons. The van der Waals surface area contributed by atoms with Crippen LogP contribution in [0, 0.1) is 6.92 Å². The highest BCUT2D eigenvalue weighted by Gasteiger charge is 2.11. The summed E-state index contributed by atoms with van der Waals surface area (Å²) in [5.74, 6) is 0.699. The predicted molar refractivity (Wildman–Crippen MR) is 128 cm³/mol. The first-order valence-corrected chi connectivity index (χ1v) is 10.8. The summed E-state index contributed by atoms with van der Waals surface area (Å²) in [6.45, 7) is 1.60. The minimum absolute atomic E-state index is 0.177. The van der Waals surface area contributed by atoms with E-state index in [-0.39, 0.29) is 12.4 Å². The number of halogens is 2. The molecule has 0 saturated carbocycles. The smallest absolute Gasteiger partial charge is 0.349 e. The highest BCUT2D eigenvalue weighted by Crippen LogP contribution is 2.27. The maximum absolute atomic E-state index is 12.5. The third-order valence-corrected chi connectivity index (χ3v) is 5.32. The van der Waals surface area contributed by atoms with E-state index < -0.39 is 5.97 Å². The van der Waals surface area contributed by atoms with Crippen molar-refractivity contribution in [3.63, 3.8) is 0 Å². The molecule has 0 atom stereocenters. The fourth-order valence-corrected chi connectivity index (χ4v) is 3.58. The zero-order valence-electron chi connectivity index (χ0n) is 17.4. The molecule has 0 heterocycles. The molecule has 0 unspecified atom stereocenters. The lowest BCUT2D eigenvalue weighted by Gasteiger charge is -2.10. The van der Waals surface area contributed by atoms with Crippen molar-refractivity contribution < 1.29 is 23.8 Å². The summed E-state index contributed by atoms with van der Waals surface area (Å²) in [7, 11) is 1.52. The lowest BCUT2D eigenvalue weighted by molar-refractivity contribution is -0.136. The van der Waals surface area contributed by atoms with Crippen LogP contribution in [0.5, 0.6) is 17.2 Å². The average molecular weight is 516 g/mol. The minimum atomic E-state index is -0.547. The Bertz CT molecular complexity index is 1170. The zero-order valence-corrected chi connectivity index (χ0v) is 19.8. The molecular formula is C25H20BrClO5. The summed E-state index contributed by atoms with van der Waals surface area (Å²) in [6, 6.07) is 17.3. The Labute approximate surface area is 199 Å². The van der Waals surface area contributed by atoms with Crippen LogP contribution >= 0.6 is 27.5 Å². The number of hydrogen-bond donors (Lipinski definition) is 0. The Morgan fingerprint density at radius 3 is 2.47 bits per heavy atom. The van der Waals surface area contributed by atoms with E-state index >= 15 is 0 Å². The van der Waals surface area contributed by atoms with Crippen LogP contribution in [0.3, 0.4) is 0 Å². The fourth-order valence-electron chi connectivity index (χ4n) is 2.88. The van der Waals surface area contributed by atoms with Crippen molar-refractivity contribution >= 4 is 45.4 Å². The number of carbonyl (C=O) groups is 2. The zero-order chi connectivity index (χ0) is 23.1. The van der Waals surface area contributed by atoms with Crippen LogP contribution in [-0.4, -0.2) is 25.5 Å². The Hall–Kier alpha value is -3.09. The molecule has 0 fully saturated rings. The lowest BCUT2D eigenvalue weighted by Crippen LogP contribution is -2.18. The van der Waals surface area contributed by atoms with E-state index in [1.165, 1.54) is 13.2 Å². The van der Waals surface area contributed by atoms with Crippen LogP contribution in [0.15, 0.2) is 71.2 Å². The van der Waals surface area contributed by atoms with Gasteiger partial charge in [0.15, 0.2) is 12.4 Å². The summed E-state index contributed by atoms with van der Waals surface area (Å²) in [4.78, 5) is 24.6. The maximum atomic E-state index is 12.5. The van der Waals surface area contributed by atoms with Crippen molar-refractivity contribution in [2.24, 2.45) is 0 Å². The van der Waals surface area contributed by atoms with Crippen LogP contribution in [0.4, 0.5) is 0 Å². The number of ketones is 1. The number of para-hydroxylation sites is 1. The minimum Gasteiger partial charge on any atom is -0.496 e. The molecule has 5 nitrogen and oxygen atoms in total. The first-order chi connectivity index (χ1) is 15.4. The Morgan fingerprint density at radius 1 is 1.00 bits per heavy atom. The number of hydrogen-bond acceptors (Lipinski definition) is 5. The van der Waals surface area contributed by atoms with Crippen LogP contribution in [0.2, 0.25) is 5.02 Å². The van der Waals surface area contributed by atoms with E-state index in [2.05, 4.69) is 15.9 Å². The Kier molecular flexibility index (Phi) is 8.09. The lowest BCUT2D eigenvalue weighted by atomic mass is 10.1. The summed E-state index contributed by atoms with van der Waals surface area (Å²) < 4.78 is 16.7. The van der Waals surface area contributed by atoms with Gasteiger partial charge < -0.3 is 14.2 Å². The second-order valence-corrected chi connectivity index (χ2v) is 8.05. The van der Waals surface area contributed by atoms with E-state index in [0.29, 0.717) is 32.3 Å². The SMILES string of the molecule is COc1ccccc1C(=O)/C=C/c1ccc(OC(=O)COc2ccc(Cl)cc2C)c(Br)c1. The molecule has 164 valence electrons. The van der Waals surface area contributed by atoms with Crippen LogP contribution in [0.25, 0.3) is 6.08 Å². The summed E-state index contributed by atoms with van der Waals surface area (Å²) >= 11 is 9.31. The third-order valence-electron chi connectivity index (χ3n) is 4.46. The molecule has 3 aromatic rings. The number of benzene rings is 3. The molecule has 0 aliphatic rings. The number of allylic oxidation sites excluding steroid dienone is 1. The average Bonchev–Trinajstić information content (AvgIpc) is 2.78. The Morgan fingerprint density at radius 2 is 1.75 bits per heavy atom. The normalized spacial score (nSPS) is 10.8. The molecule has 3 aromatic carbocycles. The van der Waals surface area contributed by atoms with E-state index in [9.17, 15) is 9.59 Å². The van der Waals surface area contributed by atoms with Crippen molar-refractivity contribution in [2.45, 2.75) is 6.92 Å². The van der Waals surface area contributed by atoms with Crippen molar-refractivity contribution in [1.82, 2.24) is 0 Å². The number of aryl methyl sites for hydroxylation is 1. The second kappa shape index (κ2) is 11.0.